The van der Waals surface area contributed by atoms with Crippen LogP contribution in [0, 0.1) is 11.3 Å². The lowest BCUT2D eigenvalue weighted by Gasteiger charge is -2.56. The highest BCUT2D eigenvalue weighted by Crippen LogP contribution is 2.55. The standard InChI is InChI=1S/C23H35N5O5S/c1-12-9-18(21(31)32)28-19(12)23(13(2)29,22(28)33)34-16-10-17(26(4)11-16)20(30)27-7-5-15(6-8-27)25-14(3)24/h9,12-13,15-17,19,29H,5-8,10-11H2,1-4H3,(H2,24,25)(H,31,32)/t12?,13?,16?,17?,19-,23?/m0/s1. The number of nitrogens with zero attached hydrogens (tertiary/aromatic N) is 3. The molecule has 0 saturated carbocycles. The van der Waals surface area contributed by atoms with Gasteiger partial charge >= 0.3 is 5.97 Å². The molecule has 5 unspecified atom stereocenters. The summed E-state index contributed by atoms with van der Waals surface area (Å²) in [5.41, 5.74) is -0.00734. The van der Waals surface area contributed by atoms with Crippen LogP contribution in [0.25, 0.3) is 0 Å². The van der Waals surface area contributed by atoms with Crippen molar-refractivity contribution in [2.24, 2.45) is 5.92 Å². The van der Waals surface area contributed by atoms with Crippen molar-refractivity contribution in [3.63, 3.8) is 0 Å². The minimum absolute atomic E-state index is 0.00734. The Morgan fingerprint density at radius 2 is 1.97 bits per heavy atom. The Hall–Kier alpha value is -2.11. The number of hydrogen-bond acceptors (Lipinski definition) is 7. The zero-order chi connectivity index (χ0) is 24.9. The number of β-lactam (4-membered cyclic amide) rings is 1. The Kier molecular flexibility index (Phi) is 6.73. The number of nitrogens with one attached hydrogen (secondary N) is 2. The molecule has 188 valence electrons. The molecule has 0 spiro atoms. The van der Waals surface area contributed by atoms with Gasteiger partial charge in [0.25, 0.3) is 0 Å². The fraction of sp³-hybridized carbons (Fsp3) is 0.739. The fourth-order valence-corrected chi connectivity index (χ4v) is 8.05. The average molecular weight is 494 g/mol. The van der Waals surface area contributed by atoms with Crippen LogP contribution in [-0.2, 0) is 14.4 Å². The molecule has 11 heteroatoms. The molecular weight excluding hydrogens is 458 g/mol. The third-order valence-electron chi connectivity index (χ3n) is 7.67. The van der Waals surface area contributed by atoms with Crippen molar-refractivity contribution in [2.75, 3.05) is 26.7 Å². The van der Waals surface area contributed by atoms with Crippen LogP contribution in [-0.4, -0.2) is 109 Å². The molecule has 4 aliphatic rings. The summed E-state index contributed by atoms with van der Waals surface area (Å²) in [7, 11) is 1.92. The lowest BCUT2D eigenvalue weighted by Crippen LogP contribution is -2.76. The molecule has 0 aliphatic carbocycles. The first-order chi connectivity index (χ1) is 16.0. The highest BCUT2D eigenvalue weighted by atomic mass is 32.2. The molecule has 3 fully saturated rings. The van der Waals surface area contributed by atoms with Gasteiger partial charge in [0.1, 0.15) is 10.4 Å². The number of carboxylic acids is 1. The van der Waals surface area contributed by atoms with E-state index in [9.17, 15) is 24.6 Å². The Morgan fingerprint density at radius 1 is 1.32 bits per heavy atom. The molecule has 0 aromatic rings. The molecule has 0 bridgehead atoms. The quantitative estimate of drug-likeness (QED) is 0.236. The maximum absolute atomic E-state index is 13.3. The molecule has 10 nitrogen and oxygen atoms in total. The predicted molar refractivity (Wildman–Crippen MR) is 128 cm³/mol. The summed E-state index contributed by atoms with van der Waals surface area (Å²) in [4.78, 5) is 43.4. The Bertz CT molecular complexity index is 917. The summed E-state index contributed by atoms with van der Waals surface area (Å²) in [5, 5.41) is 30.9. The topological polar surface area (TPSA) is 137 Å². The number of amidine groups is 1. The molecule has 2 amide bonds. The monoisotopic (exact) mass is 493 g/mol. The van der Waals surface area contributed by atoms with E-state index in [0.29, 0.717) is 31.9 Å². The van der Waals surface area contributed by atoms with Crippen LogP contribution in [0.15, 0.2) is 11.8 Å². The normalized spacial score (nSPS) is 35.0. The SMILES string of the molecule is CC(=N)NC1CCN(C(=O)C2CC(SC3(C(C)O)C(=O)N4C(C(=O)O)=CC(C)[C@H]43)CN2C)CC1. The Labute approximate surface area is 204 Å². The summed E-state index contributed by atoms with van der Waals surface area (Å²) in [6.07, 6.45) is 2.86. The van der Waals surface area contributed by atoms with E-state index in [1.807, 2.05) is 23.8 Å². The molecular formula is C23H35N5O5S. The molecule has 0 aromatic heterocycles. The molecule has 4 aliphatic heterocycles. The number of fused-ring (bicyclic) bond motifs is 1. The van der Waals surface area contributed by atoms with Crippen molar-refractivity contribution >= 4 is 35.4 Å². The number of likely N-dealkylation sites (tertiary alicyclic amines) is 2. The van der Waals surface area contributed by atoms with Crippen molar-refractivity contribution < 1.29 is 24.6 Å². The van der Waals surface area contributed by atoms with Crippen LogP contribution in [0.5, 0.6) is 0 Å². The molecule has 0 aromatic carbocycles. The first kappa shape index (κ1) is 25.0. The Morgan fingerprint density at radius 3 is 2.53 bits per heavy atom. The number of carboxylic acid groups (broad SMARTS) is 1. The molecule has 4 heterocycles. The average Bonchev–Trinajstić information content (AvgIpc) is 3.29. The first-order valence-electron chi connectivity index (χ1n) is 11.9. The first-order valence-corrected chi connectivity index (χ1v) is 12.8. The molecule has 4 N–H and O–H groups in total. The molecule has 4 rings (SSSR count). The third kappa shape index (κ3) is 4.01. The van der Waals surface area contributed by atoms with E-state index in [-0.39, 0.29) is 40.8 Å². The molecule has 3 saturated heterocycles. The third-order valence-corrected chi connectivity index (χ3v) is 9.49. The van der Waals surface area contributed by atoms with E-state index in [1.54, 1.807) is 19.9 Å². The van der Waals surface area contributed by atoms with Gasteiger partial charge < -0.3 is 20.4 Å². The number of likely N-dealkylation sites (N-methyl/N-ethyl adjacent to an activating group) is 1. The molecule has 34 heavy (non-hydrogen) atoms. The summed E-state index contributed by atoms with van der Waals surface area (Å²) < 4.78 is -1.11. The number of hydrogen-bond donors (Lipinski definition) is 4. The van der Waals surface area contributed by atoms with Crippen LogP contribution < -0.4 is 5.32 Å². The van der Waals surface area contributed by atoms with E-state index in [1.165, 1.54) is 16.7 Å². The highest BCUT2D eigenvalue weighted by molar-refractivity contribution is 8.02. The van der Waals surface area contributed by atoms with E-state index < -0.39 is 22.9 Å². The van der Waals surface area contributed by atoms with Crippen molar-refractivity contribution in [2.45, 2.75) is 74.3 Å². The lowest BCUT2D eigenvalue weighted by atomic mass is 9.78. The van der Waals surface area contributed by atoms with Gasteiger partial charge in [-0.1, -0.05) is 6.92 Å². The van der Waals surface area contributed by atoms with Gasteiger partial charge in [0.2, 0.25) is 11.8 Å². The minimum Gasteiger partial charge on any atom is -0.477 e. The van der Waals surface area contributed by atoms with Gasteiger partial charge in [0, 0.05) is 30.9 Å². The zero-order valence-corrected chi connectivity index (χ0v) is 21.0. The number of aliphatic hydroxyl groups excluding tert-OH is 1. The highest BCUT2D eigenvalue weighted by Gasteiger charge is 2.69. The van der Waals surface area contributed by atoms with Crippen LogP contribution in [0.2, 0.25) is 0 Å². The van der Waals surface area contributed by atoms with Gasteiger partial charge in [0.05, 0.1) is 24.0 Å². The number of thioether (sulfide) groups is 1. The summed E-state index contributed by atoms with van der Waals surface area (Å²) >= 11 is 1.42. The number of amides is 2. The number of rotatable bonds is 6. The number of aliphatic hydroxyl groups is 1. The van der Waals surface area contributed by atoms with E-state index >= 15 is 0 Å². The smallest absolute Gasteiger partial charge is 0.352 e. The number of piperidine rings is 1. The predicted octanol–water partition coefficient (Wildman–Crippen LogP) is 0.319. The van der Waals surface area contributed by atoms with Gasteiger partial charge in [-0.3, -0.25) is 24.8 Å². The maximum atomic E-state index is 13.3. The summed E-state index contributed by atoms with van der Waals surface area (Å²) in [6, 6.07) is -0.458. The van der Waals surface area contributed by atoms with Gasteiger partial charge in [-0.05, 0) is 52.2 Å². The molecule has 0 radical (unpaired) electrons. The van der Waals surface area contributed by atoms with Crippen molar-refractivity contribution in [3.05, 3.63) is 11.8 Å². The molecule has 6 atom stereocenters. The summed E-state index contributed by atoms with van der Waals surface area (Å²) in [5.74, 6) is -1.13. The maximum Gasteiger partial charge on any atom is 0.352 e. The second-order valence-electron chi connectivity index (χ2n) is 10.1. The van der Waals surface area contributed by atoms with Crippen LogP contribution in [0.4, 0.5) is 0 Å². The second-order valence-corrected chi connectivity index (χ2v) is 11.7. The number of aliphatic carboxylic acids is 1. The van der Waals surface area contributed by atoms with Gasteiger partial charge in [-0.2, -0.15) is 0 Å². The Balaban J connectivity index is 1.42. The van der Waals surface area contributed by atoms with Gasteiger partial charge in [-0.15, -0.1) is 11.8 Å². The van der Waals surface area contributed by atoms with Crippen LogP contribution in [0.3, 0.4) is 0 Å². The van der Waals surface area contributed by atoms with Crippen molar-refractivity contribution in [1.82, 2.24) is 20.0 Å². The zero-order valence-electron chi connectivity index (χ0n) is 20.2. The van der Waals surface area contributed by atoms with Crippen molar-refractivity contribution in [3.8, 4) is 0 Å². The largest absolute Gasteiger partial charge is 0.477 e. The number of carbonyl (C=O) groups excluding carboxylic acids is 2. The fourth-order valence-electron chi connectivity index (χ4n) is 6.05. The van der Waals surface area contributed by atoms with Crippen LogP contribution >= 0.6 is 11.8 Å². The van der Waals surface area contributed by atoms with Gasteiger partial charge in [-0.25, -0.2) is 4.79 Å². The van der Waals surface area contributed by atoms with E-state index in [0.717, 1.165) is 12.8 Å². The number of carbonyl (C=O) groups is 3. The van der Waals surface area contributed by atoms with Crippen molar-refractivity contribution in [1.29, 1.82) is 5.41 Å². The van der Waals surface area contributed by atoms with Gasteiger partial charge in [0.15, 0.2) is 0 Å². The van der Waals surface area contributed by atoms with Crippen LogP contribution in [0.1, 0.15) is 40.0 Å². The van der Waals surface area contributed by atoms with E-state index in [2.05, 4.69) is 5.32 Å². The minimum atomic E-state index is -1.13. The summed E-state index contributed by atoms with van der Waals surface area (Å²) in [6.45, 7) is 7.13. The lowest BCUT2D eigenvalue weighted by molar-refractivity contribution is -0.158. The second kappa shape index (κ2) is 9.16. The van der Waals surface area contributed by atoms with E-state index in [4.69, 9.17) is 5.41 Å².